The van der Waals surface area contributed by atoms with Gasteiger partial charge in [0.15, 0.2) is 5.15 Å². The van der Waals surface area contributed by atoms with Gasteiger partial charge >= 0.3 is 6.18 Å². The van der Waals surface area contributed by atoms with Crippen LogP contribution in [0.25, 0.3) is 0 Å². The number of rotatable bonds is 2. The molecule has 1 aromatic rings. The molecule has 0 amide bonds. The topological polar surface area (TPSA) is 37.8 Å². The summed E-state index contributed by atoms with van der Waals surface area (Å²) in [6.45, 7) is -1.14. The zero-order valence-electron chi connectivity index (χ0n) is 6.27. The van der Waals surface area contributed by atoms with E-state index in [-0.39, 0.29) is 11.0 Å². The molecule has 7 heteroatoms. The molecular weight excluding hydrogens is 207 g/mol. The summed E-state index contributed by atoms with van der Waals surface area (Å²) in [7, 11) is 0. The molecule has 0 aliphatic rings. The Morgan fingerprint density at radius 3 is 2.46 bits per heavy atom. The van der Waals surface area contributed by atoms with E-state index in [4.69, 9.17) is 11.6 Å². The van der Waals surface area contributed by atoms with Gasteiger partial charge in [-0.05, 0) is 12.1 Å². The first-order chi connectivity index (χ1) is 5.97. The Bertz CT molecular complexity index is 271. The lowest BCUT2D eigenvalue weighted by atomic mass is 10.5. The van der Waals surface area contributed by atoms with Crippen molar-refractivity contribution in [2.75, 3.05) is 11.9 Å². The minimum atomic E-state index is -4.26. The Morgan fingerprint density at radius 1 is 1.31 bits per heavy atom. The van der Waals surface area contributed by atoms with Crippen LogP contribution in [0.4, 0.5) is 19.0 Å². The van der Waals surface area contributed by atoms with Gasteiger partial charge in [-0.15, -0.1) is 10.2 Å². The third-order valence-corrected chi connectivity index (χ3v) is 1.30. The second-order valence-corrected chi connectivity index (χ2v) is 2.60. The maximum Gasteiger partial charge on any atom is 0.405 e. The number of nitrogens with zero attached hydrogens (tertiary/aromatic N) is 2. The molecule has 0 bridgehead atoms. The van der Waals surface area contributed by atoms with E-state index >= 15 is 0 Å². The Labute approximate surface area is 76.9 Å². The lowest BCUT2D eigenvalue weighted by Gasteiger charge is -2.07. The average molecular weight is 212 g/mol. The third-order valence-electron chi connectivity index (χ3n) is 1.10. The fraction of sp³-hybridized carbons (Fsp3) is 0.333. The van der Waals surface area contributed by atoms with E-state index in [9.17, 15) is 13.2 Å². The highest BCUT2D eigenvalue weighted by Crippen LogP contribution is 2.15. The minimum Gasteiger partial charge on any atom is -0.360 e. The van der Waals surface area contributed by atoms with Gasteiger partial charge in [0.1, 0.15) is 12.4 Å². The maximum absolute atomic E-state index is 11.7. The average Bonchev–Trinajstić information content (AvgIpc) is 2.02. The zero-order valence-corrected chi connectivity index (χ0v) is 7.02. The van der Waals surface area contributed by atoms with Crippen LogP contribution in [0.5, 0.6) is 0 Å². The van der Waals surface area contributed by atoms with Crippen molar-refractivity contribution in [3.8, 4) is 0 Å². The summed E-state index contributed by atoms with van der Waals surface area (Å²) in [4.78, 5) is 0. The lowest BCUT2D eigenvalue weighted by Crippen LogP contribution is -2.21. The summed E-state index contributed by atoms with van der Waals surface area (Å²) < 4.78 is 35.1. The van der Waals surface area contributed by atoms with Crippen LogP contribution in [-0.4, -0.2) is 22.9 Å². The van der Waals surface area contributed by atoms with Crippen molar-refractivity contribution in [1.29, 1.82) is 0 Å². The molecule has 72 valence electrons. The van der Waals surface area contributed by atoms with E-state index in [1.54, 1.807) is 0 Å². The molecule has 0 saturated heterocycles. The number of halogens is 4. The summed E-state index contributed by atoms with van der Waals surface area (Å²) >= 11 is 5.38. The first-order valence-corrected chi connectivity index (χ1v) is 3.65. The molecule has 13 heavy (non-hydrogen) atoms. The second kappa shape index (κ2) is 3.78. The second-order valence-electron chi connectivity index (χ2n) is 2.21. The SMILES string of the molecule is FC(F)(F)CNc1ccc(Cl)nn1. The monoisotopic (exact) mass is 211 g/mol. The number of anilines is 1. The summed E-state index contributed by atoms with van der Waals surface area (Å²) in [5, 5.41) is 8.94. The molecular formula is C6H5ClF3N3. The largest absolute Gasteiger partial charge is 0.405 e. The molecule has 0 unspecified atom stereocenters. The predicted octanol–water partition coefficient (Wildman–Crippen LogP) is 2.10. The van der Waals surface area contributed by atoms with Crippen molar-refractivity contribution in [1.82, 2.24) is 10.2 Å². The van der Waals surface area contributed by atoms with Gasteiger partial charge in [-0.3, -0.25) is 0 Å². The number of alkyl halides is 3. The van der Waals surface area contributed by atoms with Crippen LogP contribution in [-0.2, 0) is 0 Å². The Balaban J connectivity index is 2.51. The highest BCUT2D eigenvalue weighted by molar-refractivity contribution is 6.29. The first kappa shape index (κ1) is 10.0. The van der Waals surface area contributed by atoms with Crippen LogP contribution in [0.2, 0.25) is 5.15 Å². The van der Waals surface area contributed by atoms with E-state index < -0.39 is 12.7 Å². The fourth-order valence-electron chi connectivity index (χ4n) is 0.601. The maximum atomic E-state index is 11.7. The highest BCUT2D eigenvalue weighted by Gasteiger charge is 2.26. The predicted molar refractivity (Wildman–Crippen MR) is 41.6 cm³/mol. The van der Waals surface area contributed by atoms with Gasteiger partial charge in [-0.2, -0.15) is 13.2 Å². The van der Waals surface area contributed by atoms with Crippen molar-refractivity contribution < 1.29 is 13.2 Å². The molecule has 3 nitrogen and oxygen atoms in total. The smallest absolute Gasteiger partial charge is 0.360 e. The molecule has 0 aliphatic heterocycles. The number of nitrogens with one attached hydrogen (secondary N) is 1. The molecule has 0 aromatic carbocycles. The van der Waals surface area contributed by atoms with E-state index in [1.165, 1.54) is 12.1 Å². The molecule has 0 aliphatic carbocycles. The number of aromatic nitrogens is 2. The fourth-order valence-corrected chi connectivity index (χ4v) is 0.702. The normalized spacial score (nSPS) is 11.4. The van der Waals surface area contributed by atoms with Crippen molar-refractivity contribution in [3.63, 3.8) is 0 Å². The molecule has 0 radical (unpaired) electrons. The Kier molecular flexibility index (Phi) is 2.92. The minimum absolute atomic E-state index is 0.0433. The van der Waals surface area contributed by atoms with Crippen LogP contribution in [0.1, 0.15) is 0 Å². The van der Waals surface area contributed by atoms with E-state index in [0.29, 0.717) is 0 Å². The Morgan fingerprint density at radius 2 is 2.00 bits per heavy atom. The molecule has 0 atom stereocenters. The summed E-state index contributed by atoms with van der Waals surface area (Å²) in [5.74, 6) is 0.0433. The number of hydrogen-bond acceptors (Lipinski definition) is 3. The lowest BCUT2D eigenvalue weighted by molar-refractivity contribution is -0.115. The third kappa shape index (κ3) is 3.93. The summed E-state index contributed by atoms with van der Waals surface area (Å²) in [6, 6.07) is 2.67. The molecule has 1 aromatic heterocycles. The van der Waals surface area contributed by atoms with Gasteiger partial charge in [-0.1, -0.05) is 11.6 Å². The standard InChI is InChI=1S/C6H5ClF3N3/c7-4-1-2-5(13-12-4)11-3-6(8,9)10/h1-2H,3H2,(H,11,13). The summed E-state index contributed by atoms with van der Waals surface area (Å²) in [5.41, 5.74) is 0. The van der Waals surface area contributed by atoms with Crippen molar-refractivity contribution in [2.24, 2.45) is 0 Å². The van der Waals surface area contributed by atoms with Crippen LogP contribution < -0.4 is 5.32 Å². The van der Waals surface area contributed by atoms with Crippen LogP contribution in [0, 0.1) is 0 Å². The summed E-state index contributed by atoms with van der Waals surface area (Å²) in [6.07, 6.45) is -4.26. The van der Waals surface area contributed by atoms with Crippen LogP contribution in [0.15, 0.2) is 12.1 Å². The molecule has 0 spiro atoms. The van der Waals surface area contributed by atoms with Crippen molar-refractivity contribution in [3.05, 3.63) is 17.3 Å². The molecule has 1 heterocycles. The zero-order chi connectivity index (χ0) is 9.90. The number of hydrogen-bond donors (Lipinski definition) is 1. The Hall–Kier alpha value is -1.04. The van der Waals surface area contributed by atoms with Crippen molar-refractivity contribution in [2.45, 2.75) is 6.18 Å². The van der Waals surface area contributed by atoms with Crippen LogP contribution >= 0.6 is 11.6 Å². The molecule has 1 N–H and O–H groups in total. The first-order valence-electron chi connectivity index (χ1n) is 3.27. The van der Waals surface area contributed by atoms with Crippen LogP contribution in [0.3, 0.4) is 0 Å². The van der Waals surface area contributed by atoms with Gasteiger partial charge in [0.05, 0.1) is 0 Å². The van der Waals surface area contributed by atoms with E-state index in [1.807, 2.05) is 0 Å². The highest BCUT2D eigenvalue weighted by atomic mass is 35.5. The molecule has 1 rings (SSSR count). The van der Waals surface area contributed by atoms with Gasteiger partial charge in [0.25, 0.3) is 0 Å². The van der Waals surface area contributed by atoms with Gasteiger partial charge in [0.2, 0.25) is 0 Å². The quantitative estimate of drug-likeness (QED) is 0.814. The van der Waals surface area contributed by atoms with Gasteiger partial charge in [-0.25, -0.2) is 0 Å². The van der Waals surface area contributed by atoms with Gasteiger partial charge < -0.3 is 5.32 Å². The van der Waals surface area contributed by atoms with E-state index in [2.05, 4.69) is 15.5 Å². The van der Waals surface area contributed by atoms with E-state index in [0.717, 1.165) is 0 Å². The molecule has 0 fully saturated rings. The van der Waals surface area contributed by atoms with Gasteiger partial charge in [0, 0.05) is 0 Å². The van der Waals surface area contributed by atoms with Crippen molar-refractivity contribution >= 4 is 17.4 Å². The molecule has 0 saturated carbocycles.